The van der Waals surface area contributed by atoms with Gasteiger partial charge >= 0.3 is 0 Å². The molecular weight excluding hydrogens is 431 g/mol. The summed E-state index contributed by atoms with van der Waals surface area (Å²) >= 11 is 0. The highest BCUT2D eigenvalue weighted by Gasteiger charge is 2.17. The third kappa shape index (κ3) is 8.24. The second-order valence-corrected chi connectivity index (χ2v) is 6.00. The summed E-state index contributed by atoms with van der Waals surface area (Å²) in [7, 11) is 3.81. The Morgan fingerprint density at radius 3 is 2.72 bits per heavy atom. The molecule has 0 radical (unpaired) electrons. The largest absolute Gasteiger partial charge is 0.497 e. The SMILES string of the molecule is CCNC(=NCC1CN(C)CCO1)NCCc1ccc(OC)cc1.I. The second-order valence-electron chi connectivity index (χ2n) is 6.00. The summed E-state index contributed by atoms with van der Waals surface area (Å²) in [4.78, 5) is 6.94. The molecule has 142 valence electrons. The molecule has 0 aliphatic carbocycles. The first-order valence-corrected chi connectivity index (χ1v) is 8.66. The predicted octanol–water partition coefficient (Wildman–Crippen LogP) is 1.74. The molecule has 1 aliphatic heterocycles. The maximum absolute atomic E-state index is 5.76. The van der Waals surface area contributed by atoms with Crippen LogP contribution >= 0.6 is 24.0 Å². The van der Waals surface area contributed by atoms with E-state index < -0.39 is 0 Å². The average Bonchev–Trinajstić information content (AvgIpc) is 2.60. The van der Waals surface area contributed by atoms with Gasteiger partial charge in [0.2, 0.25) is 0 Å². The molecule has 25 heavy (non-hydrogen) atoms. The number of likely N-dealkylation sites (N-methyl/N-ethyl adjacent to an activating group) is 1. The van der Waals surface area contributed by atoms with E-state index in [-0.39, 0.29) is 30.1 Å². The van der Waals surface area contributed by atoms with Crippen LogP contribution in [0.25, 0.3) is 0 Å². The van der Waals surface area contributed by atoms with Crippen molar-refractivity contribution in [2.24, 2.45) is 4.99 Å². The molecule has 0 amide bonds. The Bertz CT molecular complexity index is 510. The smallest absolute Gasteiger partial charge is 0.191 e. The third-order valence-electron chi connectivity index (χ3n) is 4.00. The number of rotatable bonds is 7. The van der Waals surface area contributed by atoms with E-state index in [1.807, 2.05) is 12.1 Å². The molecule has 1 aliphatic rings. The van der Waals surface area contributed by atoms with Gasteiger partial charge in [0.1, 0.15) is 5.75 Å². The summed E-state index contributed by atoms with van der Waals surface area (Å²) in [6, 6.07) is 8.17. The van der Waals surface area contributed by atoms with Crippen molar-refractivity contribution in [2.45, 2.75) is 19.4 Å². The molecule has 0 saturated carbocycles. The van der Waals surface area contributed by atoms with Gasteiger partial charge in [-0.1, -0.05) is 12.1 Å². The molecule has 1 fully saturated rings. The lowest BCUT2D eigenvalue weighted by Gasteiger charge is -2.29. The summed E-state index contributed by atoms with van der Waals surface area (Å²) in [5.74, 6) is 1.74. The first-order chi connectivity index (χ1) is 11.7. The van der Waals surface area contributed by atoms with E-state index >= 15 is 0 Å². The van der Waals surface area contributed by atoms with E-state index in [1.54, 1.807) is 7.11 Å². The van der Waals surface area contributed by atoms with Crippen molar-refractivity contribution in [3.05, 3.63) is 29.8 Å². The number of nitrogens with one attached hydrogen (secondary N) is 2. The fourth-order valence-electron chi connectivity index (χ4n) is 2.63. The highest BCUT2D eigenvalue weighted by molar-refractivity contribution is 14.0. The van der Waals surface area contributed by atoms with Gasteiger partial charge in [-0.3, -0.25) is 4.99 Å². The molecule has 1 unspecified atom stereocenters. The van der Waals surface area contributed by atoms with Gasteiger partial charge in [-0.2, -0.15) is 0 Å². The molecule has 0 spiro atoms. The lowest BCUT2D eigenvalue weighted by molar-refractivity contribution is -0.0136. The van der Waals surface area contributed by atoms with E-state index in [0.29, 0.717) is 6.54 Å². The quantitative estimate of drug-likeness (QED) is 0.368. The van der Waals surface area contributed by atoms with Crippen molar-refractivity contribution < 1.29 is 9.47 Å². The molecule has 1 atom stereocenters. The topological polar surface area (TPSA) is 58.1 Å². The van der Waals surface area contributed by atoms with Gasteiger partial charge in [0.05, 0.1) is 26.4 Å². The van der Waals surface area contributed by atoms with Gasteiger partial charge in [0.25, 0.3) is 0 Å². The maximum atomic E-state index is 5.76. The Balaban J connectivity index is 0.00000312. The van der Waals surface area contributed by atoms with Crippen LogP contribution in [-0.4, -0.2) is 70.5 Å². The zero-order valence-electron chi connectivity index (χ0n) is 15.5. The number of hydrogen-bond donors (Lipinski definition) is 2. The fourth-order valence-corrected chi connectivity index (χ4v) is 2.63. The molecule has 1 heterocycles. The Labute approximate surface area is 168 Å². The molecule has 1 saturated heterocycles. The molecule has 1 aromatic rings. The van der Waals surface area contributed by atoms with E-state index in [2.05, 4.69) is 46.6 Å². The summed E-state index contributed by atoms with van der Waals surface area (Å²) in [5.41, 5.74) is 1.27. The van der Waals surface area contributed by atoms with Crippen molar-refractivity contribution in [2.75, 3.05) is 53.5 Å². The van der Waals surface area contributed by atoms with E-state index in [0.717, 1.165) is 50.9 Å². The number of hydrogen-bond acceptors (Lipinski definition) is 4. The number of methoxy groups -OCH3 is 1. The Morgan fingerprint density at radius 2 is 2.08 bits per heavy atom. The highest BCUT2D eigenvalue weighted by atomic mass is 127. The zero-order valence-corrected chi connectivity index (χ0v) is 17.8. The lowest BCUT2D eigenvalue weighted by Crippen LogP contribution is -2.43. The van der Waals surface area contributed by atoms with Gasteiger partial charge in [-0.25, -0.2) is 0 Å². The molecule has 2 rings (SSSR count). The fraction of sp³-hybridized carbons (Fsp3) is 0.611. The Morgan fingerprint density at radius 1 is 1.32 bits per heavy atom. The van der Waals surface area contributed by atoms with Crippen LogP contribution in [-0.2, 0) is 11.2 Å². The van der Waals surface area contributed by atoms with Crippen LogP contribution in [0.1, 0.15) is 12.5 Å². The van der Waals surface area contributed by atoms with Gasteiger partial charge in [0.15, 0.2) is 5.96 Å². The van der Waals surface area contributed by atoms with E-state index in [4.69, 9.17) is 9.47 Å². The number of guanidine groups is 1. The van der Waals surface area contributed by atoms with Gasteiger partial charge in [0, 0.05) is 26.2 Å². The van der Waals surface area contributed by atoms with Crippen molar-refractivity contribution in [3.63, 3.8) is 0 Å². The minimum atomic E-state index is 0. The van der Waals surface area contributed by atoms with Crippen LogP contribution in [0.4, 0.5) is 0 Å². The molecule has 0 bridgehead atoms. The first-order valence-electron chi connectivity index (χ1n) is 8.66. The number of morpholine rings is 1. The summed E-state index contributed by atoms with van der Waals surface area (Å²) < 4.78 is 10.9. The van der Waals surface area contributed by atoms with Crippen LogP contribution in [0.3, 0.4) is 0 Å². The van der Waals surface area contributed by atoms with Crippen LogP contribution in [0.5, 0.6) is 5.75 Å². The van der Waals surface area contributed by atoms with Crippen molar-refractivity contribution >= 4 is 29.9 Å². The molecule has 0 aromatic heterocycles. The van der Waals surface area contributed by atoms with Crippen LogP contribution in [0, 0.1) is 0 Å². The third-order valence-corrected chi connectivity index (χ3v) is 4.00. The van der Waals surface area contributed by atoms with Crippen molar-refractivity contribution in [1.29, 1.82) is 0 Å². The van der Waals surface area contributed by atoms with Gasteiger partial charge in [-0.05, 0) is 38.1 Å². The predicted molar refractivity (Wildman–Crippen MR) is 113 cm³/mol. The van der Waals surface area contributed by atoms with E-state index in [9.17, 15) is 0 Å². The Kier molecular flexibility index (Phi) is 10.8. The molecular formula is C18H31IN4O2. The van der Waals surface area contributed by atoms with Gasteiger partial charge in [-0.15, -0.1) is 24.0 Å². The monoisotopic (exact) mass is 462 g/mol. The summed E-state index contributed by atoms with van der Waals surface area (Å²) in [6.45, 7) is 7.17. The van der Waals surface area contributed by atoms with Gasteiger partial charge < -0.3 is 25.0 Å². The number of benzene rings is 1. The molecule has 7 heteroatoms. The lowest BCUT2D eigenvalue weighted by atomic mass is 10.1. The number of nitrogens with zero attached hydrogens (tertiary/aromatic N) is 2. The standard InChI is InChI=1S/C18H30N4O2.HI/c1-4-19-18(21-13-17-14-22(2)11-12-24-17)20-10-9-15-5-7-16(23-3)8-6-15;/h5-8,17H,4,9-14H2,1-3H3,(H2,19,20,21);1H. The van der Waals surface area contributed by atoms with Crippen molar-refractivity contribution in [1.82, 2.24) is 15.5 Å². The normalized spacial score (nSPS) is 18.4. The molecule has 6 nitrogen and oxygen atoms in total. The maximum Gasteiger partial charge on any atom is 0.191 e. The zero-order chi connectivity index (χ0) is 17.2. The van der Waals surface area contributed by atoms with Crippen LogP contribution in [0.15, 0.2) is 29.3 Å². The number of halogens is 1. The molecule has 2 N–H and O–H groups in total. The van der Waals surface area contributed by atoms with Crippen molar-refractivity contribution in [3.8, 4) is 5.75 Å². The highest BCUT2D eigenvalue weighted by Crippen LogP contribution is 2.11. The van der Waals surface area contributed by atoms with Crippen LogP contribution < -0.4 is 15.4 Å². The first kappa shape index (κ1) is 22.0. The molecule has 1 aromatic carbocycles. The number of aliphatic imine (C=N–C) groups is 1. The minimum absolute atomic E-state index is 0. The summed E-state index contributed by atoms with van der Waals surface area (Å²) in [5, 5.41) is 6.67. The Hall–Kier alpha value is -1.06. The van der Waals surface area contributed by atoms with E-state index in [1.165, 1.54) is 5.56 Å². The minimum Gasteiger partial charge on any atom is -0.497 e. The number of ether oxygens (including phenoxy) is 2. The van der Waals surface area contributed by atoms with Crippen LogP contribution in [0.2, 0.25) is 0 Å². The summed E-state index contributed by atoms with van der Waals surface area (Å²) in [6.07, 6.45) is 1.12. The second kappa shape index (κ2) is 12.3. The average molecular weight is 462 g/mol.